The van der Waals surface area contributed by atoms with E-state index in [-0.39, 0.29) is 6.10 Å². The number of fused-ring (bicyclic) bond motifs is 2. The van der Waals surface area contributed by atoms with E-state index in [1.807, 2.05) is 19.9 Å². The Morgan fingerprint density at radius 1 is 0.862 bits per heavy atom. The maximum atomic E-state index is 5.97. The zero-order valence-corrected chi connectivity index (χ0v) is 17.2. The van der Waals surface area contributed by atoms with Gasteiger partial charge in [-0.15, -0.1) is 0 Å². The molecule has 0 aromatic heterocycles. The minimum absolute atomic E-state index is 0.0108. The molecule has 4 rings (SSSR count). The van der Waals surface area contributed by atoms with E-state index in [4.69, 9.17) is 9.47 Å². The Morgan fingerprint density at radius 3 is 2.38 bits per heavy atom. The van der Waals surface area contributed by atoms with Gasteiger partial charge in [-0.1, -0.05) is 54.6 Å². The molecule has 146 valence electrons. The zero-order valence-electron chi connectivity index (χ0n) is 17.2. The third-order valence-electron chi connectivity index (χ3n) is 5.15. The maximum absolute atomic E-state index is 5.97. The zero-order chi connectivity index (χ0) is 20.2. The Labute approximate surface area is 172 Å². The average molecular weight is 383 g/mol. The molecule has 0 heterocycles. The highest BCUT2D eigenvalue weighted by molar-refractivity contribution is 6.05. The van der Waals surface area contributed by atoms with Crippen molar-refractivity contribution in [2.24, 2.45) is 0 Å². The number of hydrogen-bond donors (Lipinski definition) is 0. The lowest BCUT2D eigenvalue weighted by atomic mass is 9.95. The van der Waals surface area contributed by atoms with Gasteiger partial charge in [-0.25, -0.2) is 0 Å². The largest absolute Gasteiger partial charge is 0.495 e. The first-order valence-corrected chi connectivity index (χ1v) is 10.1. The van der Waals surface area contributed by atoms with E-state index in [2.05, 4.69) is 79.7 Å². The van der Waals surface area contributed by atoms with Crippen LogP contribution in [0.1, 0.15) is 19.4 Å². The molecule has 2 nitrogen and oxygen atoms in total. The van der Waals surface area contributed by atoms with Gasteiger partial charge in [0.05, 0.1) is 6.26 Å². The summed E-state index contributed by atoms with van der Waals surface area (Å²) in [5, 5.41) is 5.06. The second-order valence-corrected chi connectivity index (χ2v) is 7.43. The second-order valence-electron chi connectivity index (χ2n) is 7.43. The van der Waals surface area contributed by atoms with E-state index in [1.54, 1.807) is 6.26 Å². The fraction of sp³-hybridized carbons (Fsp3) is 0.185. The number of ether oxygens (including phenoxy) is 2. The molecule has 0 fully saturated rings. The molecule has 29 heavy (non-hydrogen) atoms. The van der Waals surface area contributed by atoms with Crippen molar-refractivity contribution in [3.8, 4) is 16.9 Å². The van der Waals surface area contributed by atoms with E-state index < -0.39 is 0 Å². The summed E-state index contributed by atoms with van der Waals surface area (Å²) < 4.78 is 11.5. The van der Waals surface area contributed by atoms with Gasteiger partial charge >= 0.3 is 0 Å². The van der Waals surface area contributed by atoms with Crippen molar-refractivity contribution >= 4 is 21.5 Å². The Balaban J connectivity index is 1.65. The van der Waals surface area contributed by atoms with Crippen LogP contribution < -0.4 is 4.74 Å². The van der Waals surface area contributed by atoms with Gasteiger partial charge in [0, 0.05) is 0 Å². The van der Waals surface area contributed by atoms with Gasteiger partial charge in [0.25, 0.3) is 0 Å². The molecule has 4 aromatic carbocycles. The van der Waals surface area contributed by atoms with Gasteiger partial charge in [-0.05, 0) is 83.3 Å². The minimum atomic E-state index is 0.0108. The smallest absolute Gasteiger partial charge is 0.129 e. The fourth-order valence-corrected chi connectivity index (χ4v) is 3.66. The summed E-state index contributed by atoms with van der Waals surface area (Å²) in [4.78, 5) is 0. The molecule has 0 amide bonds. The highest BCUT2D eigenvalue weighted by Gasteiger charge is 2.09. The Morgan fingerprint density at radius 2 is 1.62 bits per heavy atom. The molecule has 2 heteroatoms. The van der Waals surface area contributed by atoms with Gasteiger partial charge in [0.2, 0.25) is 0 Å². The first-order chi connectivity index (χ1) is 14.2. The molecular formula is C27H26O2. The van der Waals surface area contributed by atoms with Crippen molar-refractivity contribution in [1.82, 2.24) is 0 Å². The summed E-state index contributed by atoms with van der Waals surface area (Å²) in [6.07, 6.45) is 3.59. The van der Waals surface area contributed by atoms with Crippen molar-refractivity contribution in [3.63, 3.8) is 0 Å². The molecule has 0 aliphatic heterocycles. The SMILES string of the molecule is CC=COC(C)COc1ccc(-c2cccc3cc4ccccc4cc23)cc1C. The van der Waals surface area contributed by atoms with E-state index in [1.165, 1.54) is 32.7 Å². The molecule has 0 saturated carbocycles. The van der Waals surface area contributed by atoms with Crippen LogP contribution in [0.25, 0.3) is 32.7 Å². The summed E-state index contributed by atoms with van der Waals surface area (Å²) in [5.74, 6) is 0.898. The van der Waals surface area contributed by atoms with Crippen LogP contribution in [-0.2, 0) is 4.74 Å². The van der Waals surface area contributed by atoms with Crippen LogP contribution in [0.5, 0.6) is 5.75 Å². The van der Waals surface area contributed by atoms with Crippen LogP contribution in [-0.4, -0.2) is 12.7 Å². The summed E-state index contributed by atoms with van der Waals surface area (Å²) in [6.45, 7) is 6.55. The molecule has 0 radical (unpaired) electrons. The summed E-state index contributed by atoms with van der Waals surface area (Å²) in [5.41, 5.74) is 3.57. The lowest BCUT2D eigenvalue weighted by Gasteiger charge is -2.15. The van der Waals surface area contributed by atoms with Crippen molar-refractivity contribution in [2.45, 2.75) is 26.9 Å². The number of hydrogen-bond acceptors (Lipinski definition) is 2. The van der Waals surface area contributed by atoms with Gasteiger partial charge in [0.1, 0.15) is 18.5 Å². The molecule has 0 aliphatic rings. The Kier molecular flexibility index (Phi) is 5.53. The van der Waals surface area contributed by atoms with Crippen LogP contribution in [0.15, 0.2) is 85.1 Å². The number of benzene rings is 4. The quantitative estimate of drug-likeness (QED) is 0.257. The predicted octanol–water partition coefficient (Wildman–Crippen LogP) is 7.29. The monoisotopic (exact) mass is 382 g/mol. The fourth-order valence-electron chi connectivity index (χ4n) is 3.66. The summed E-state index contributed by atoms with van der Waals surface area (Å²) in [6, 6.07) is 26.0. The molecule has 0 aliphatic carbocycles. The van der Waals surface area contributed by atoms with Gasteiger partial charge in [-0.3, -0.25) is 0 Å². The van der Waals surface area contributed by atoms with Crippen LogP contribution in [0.3, 0.4) is 0 Å². The Bertz CT molecular complexity index is 1170. The van der Waals surface area contributed by atoms with E-state index in [0.717, 1.165) is 11.3 Å². The van der Waals surface area contributed by atoms with Crippen LogP contribution in [0.4, 0.5) is 0 Å². The van der Waals surface area contributed by atoms with Crippen LogP contribution in [0, 0.1) is 6.92 Å². The molecule has 0 saturated heterocycles. The van der Waals surface area contributed by atoms with Gasteiger partial charge < -0.3 is 9.47 Å². The lowest BCUT2D eigenvalue weighted by Crippen LogP contribution is -2.16. The van der Waals surface area contributed by atoms with Gasteiger partial charge in [-0.2, -0.15) is 0 Å². The average Bonchev–Trinajstić information content (AvgIpc) is 2.75. The summed E-state index contributed by atoms with van der Waals surface area (Å²) >= 11 is 0. The van der Waals surface area contributed by atoms with Crippen molar-refractivity contribution in [3.05, 3.63) is 90.7 Å². The first-order valence-electron chi connectivity index (χ1n) is 10.1. The van der Waals surface area contributed by atoms with Gasteiger partial charge in [0.15, 0.2) is 0 Å². The standard InChI is InChI=1S/C27H26O2/c1-4-14-28-20(3)18-29-27-13-12-24(15-19(27)2)25-11-7-10-23-16-21-8-5-6-9-22(21)17-26(23)25/h4-17,20H,18H2,1-3H3. The normalized spacial score (nSPS) is 12.5. The van der Waals surface area contributed by atoms with Crippen molar-refractivity contribution in [2.75, 3.05) is 6.61 Å². The molecule has 1 atom stereocenters. The van der Waals surface area contributed by atoms with E-state index in [9.17, 15) is 0 Å². The molecule has 0 N–H and O–H groups in total. The van der Waals surface area contributed by atoms with Crippen LogP contribution in [0.2, 0.25) is 0 Å². The Hall–Kier alpha value is -3.26. The van der Waals surface area contributed by atoms with E-state index in [0.29, 0.717) is 6.61 Å². The molecular weight excluding hydrogens is 356 g/mol. The maximum Gasteiger partial charge on any atom is 0.129 e. The van der Waals surface area contributed by atoms with Crippen molar-refractivity contribution < 1.29 is 9.47 Å². The topological polar surface area (TPSA) is 18.5 Å². The first kappa shape index (κ1) is 19.1. The molecule has 1 unspecified atom stereocenters. The summed E-state index contributed by atoms with van der Waals surface area (Å²) in [7, 11) is 0. The van der Waals surface area contributed by atoms with Crippen molar-refractivity contribution in [1.29, 1.82) is 0 Å². The second kappa shape index (κ2) is 8.40. The number of allylic oxidation sites excluding steroid dienone is 1. The molecule has 0 bridgehead atoms. The molecule has 0 spiro atoms. The lowest BCUT2D eigenvalue weighted by molar-refractivity contribution is 0.102. The van der Waals surface area contributed by atoms with Crippen LogP contribution >= 0.6 is 0 Å². The third kappa shape index (κ3) is 4.12. The number of rotatable bonds is 6. The predicted molar refractivity (Wildman–Crippen MR) is 122 cm³/mol. The highest BCUT2D eigenvalue weighted by Crippen LogP contribution is 2.34. The third-order valence-corrected chi connectivity index (χ3v) is 5.15. The van der Waals surface area contributed by atoms with E-state index >= 15 is 0 Å². The highest BCUT2D eigenvalue weighted by atomic mass is 16.5. The molecule has 4 aromatic rings. The minimum Gasteiger partial charge on any atom is -0.495 e. The number of aryl methyl sites for hydroxylation is 1.